The summed E-state index contributed by atoms with van der Waals surface area (Å²) in [5.41, 5.74) is 5.03. The molecule has 0 aromatic carbocycles. The van der Waals surface area contributed by atoms with Crippen molar-refractivity contribution >= 4 is 5.91 Å². The minimum absolute atomic E-state index is 0.283. The number of carbonyl (C=O) groups is 1. The first kappa shape index (κ1) is 19.4. The molecule has 0 aliphatic rings. The predicted molar refractivity (Wildman–Crippen MR) is 81.5 cm³/mol. The Bertz CT molecular complexity index is 225. The lowest BCUT2D eigenvalue weighted by Gasteiger charge is -2.12. The van der Waals surface area contributed by atoms with E-state index in [1.54, 1.807) is 0 Å². The number of aliphatic hydroxyl groups excluding tert-OH is 1. The molecule has 20 heavy (non-hydrogen) atoms. The second-order valence-electron chi connectivity index (χ2n) is 5.27. The van der Waals surface area contributed by atoms with Gasteiger partial charge in [-0.3, -0.25) is 4.79 Å². The van der Waals surface area contributed by atoms with E-state index in [9.17, 15) is 9.90 Å². The maximum Gasteiger partial charge on any atom is 0.217 e. The summed E-state index contributed by atoms with van der Waals surface area (Å²) in [6.45, 7) is 4.50. The van der Waals surface area contributed by atoms with Crippen molar-refractivity contribution in [3.63, 3.8) is 0 Å². The monoisotopic (exact) mass is 288 g/mol. The zero-order chi connectivity index (χ0) is 15.1. The molecule has 0 radical (unpaired) electrons. The Morgan fingerprint density at radius 1 is 1.20 bits per heavy atom. The lowest BCUT2D eigenvalue weighted by molar-refractivity contribution is -0.118. The van der Waals surface area contributed by atoms with Crippen LogP contribution in [-0.4, -0.2) is 43.4 Å². The Labute approximate surface area is 123 Å². The van der Waals surface area contributed by atoms with Crippen molar-refractivity contribution in [1.82, 2.24) is 5.32 Å². The summed E-state index contributed by atoms with van der Waals surface area (Å²) in [6.07, 6.45) is 8.08. The number of aliphatic hydroxyl groups is 1. The van der Waals surface area contributed by atoms with Crippen molar-refractivity contribution in [2.24, 2.45) is 5.73 Å². The fourth-order valence-corrected chi connectivity index (χ4v) is 1.92. The normalized spacial score (nSPS) is 12.5. The van der Waals surface area contributed by atoms with Gasteiger partial charge < -0.3 is 20.9 Å². The largest absolute Gasteiger partial charge is 0.389 e. The summed E-state index contributed by atoms with van der Waals surface area (Å²) in [5.74, 6) is -0.283. The zero-order valence-corrected chi connectivity index (χ0v) is 12.9. The molecule has 1 amide bonds. The quantitative estimate of drug-likeness (QED) is 0.399. The van der Waals surface area contributed by atoms with Crippen molar-refractivity contribution in [3.8, 4) is 0 Å². The molecule has 120 valence electrons. The molecule has 0 saturated carbocycles. The fraction of sp³-hybridized carbons (Fsp3) is 0.933. The average Bonchev–Trinajstić information content (AvgIpc) is 2.41. The third kappa shape index (κ3) is 15.4. The van der Waals surface area contributed by atoms with Crippen LogP contribution in [-0.2, 0) is 9.53 Å². The lowest BCUT2D eigenvalue weighted by Crippen LogP contribution is -2.31. The number of nitrogens with two attached hydrogens (primary N) is 1. The molecule has 0 heterocycles. The average molecular weight is 288 g/mol. The van der Waals surface area contributed by atoms with Gasteiger partial charge in [0.1, 0.15) is 0 Å². The van der Waals surface area contributed by atoms with Crippen LogP contribution < -0.4 is 11.1 Å². The second-order valence-corrected chi connectivity index (χ2v) is 5.27. The van der Waals surface area contributed by atoms with Crippen LogP contribution in [0.3, 0.4) is 0 Å². The molecule has 0 saturated heterocycles. The summed E-state index contributed by atoms with van der Waals surface area (Å²) in [5, 5.41) is 12.7. The van der Waals surface area contributed by atoms with Crippen LogP contribution in [0.5, 0.6) is 0 Å². The number of ether oxygens (including phenoxy) is 1. The first-order chi connectivity index (χ1) is 9.66. The highest BCUT2D eigenvalue weighted by Crippen LogP contribution is 2.04. The molecular formula is C15H32N2O3. The Hall–Kier alpha value is -0.650. The summed E-state index contributed by atoms with van der Waals surface area (Å²) in [6, 6.07) is 0. The van der Waals surface area contributed by atoms with E-state index in [0.29, 0.717) is 32.5 Å². The van der Waals surface area contributed by atoms with Crippen LogP contribution in [0.2, 0.25) is 0 Å². The van der Waals surface area contributed by atoms with Gasteiger partial charge in [0.15, 0.2) is 0 Å². The molecule has 0 bridgehead atoms. The highest BCUT2D eigenvalue weighted by molar-refractivity contribution is 5.73. The van der Waals surface area contributed by atoms with Crippen molar-refractivity contribution in [2.45, 2.75) is 64.4 Å². The van der Waals surface area contributed by atoms with Crippen LogP contribution in [0.4, 0.5) is 0 Å². The van der Waals surface area contributed by atoms with Crippen LogP contribution in [0.1, 0.15) is 58.3 Å². The number of rotatable bonds is 15. The maximum absolute atomic E-state index is 10.5. The molecule has 0 aromatic heterocycles. The summed E-state index contributed by atoms with van der Waals surface area (Å²) in [7, 11) is 0. The molecular weight excluding hydrogens is 256 g/mol. The smallest absolute Gasteiger partial charge is 0.217 e. The van der Waals surface area contributed by atoms with Gasteiger partial charge >= 0.3 is 0 Å². The molecule has 0 aromatic rings. The van der Waals surface area contributed by atoms with E-state index >= 15 is 0 Å². The lowest BCUT2D eigenvalue weighted by atomic mass is 10.1. The van der Waals surface area contributed by atoms with E-state index in [4.69, 9.17) is 10.5 Å². The highest BCUT2D eigenvalue weighted by atomic mass is 16.5. The van der Waals surface area contributed by atoms with Crippen molar-refractivity contribution in [1.29, 1.82) is 0 Å². The molecule has 0 fully saturated rings. The first-order valence-corrected chi connectivity index (χ1v) is 7.91. The van der Waals surface area contributed by atoms with Crippen LogP contribution >= 0.6 is 0 Å². The standard InChI is InChI=1S/C15H32N2O3/c1-2-3-4-5-6-7-11-20-13-14(18)12-17-10-8-9-15(16)19/h14,17-18H,2-13H2,1H3,(H2,16,19). The van der Waals surface area contributed by atoms with E-state index in [0.717, 1.165) is 13.0 Å². The Morgan fingerprint density at radius 3 is 2.60 bits per heavy atom. The zero-order valence-electron chi connectivity index (χ0n) is 12.9. The third-order valence-corrected chi connectivity index (χ3v) is 3.11. The van der Waals surface area contributed by atoms with Crippen LogP contribution in [0, 0.1) is 0 Å². The molecule has 0 spiro atoms. The van der Waals surface area contributed by atoms with Crippen LogP contribution in [0.25, 0.3) is 0 Å². The number of hydrogen-bond donors (Lipinski definition) is 3. The van der Waals surface area contributed by atoms with E-state index in [1.807, 2.05) is 0 Å². The van der Waals surface area contributed by atoms with E-state index in [1.165, 1.54) is 32.1 Å². The number of hydrogen-bond acceptors (Lipinski definition) is 4. The number of primary amides is 1. The second kappa shape index (κ2) is 14.8. The van der Waals surface area contributed by atoms with E-state index < -0.39 is 6.10 Å². The molecule has 0 aliphatic heterocycles. The molecule has 5 heteroatoms. The Morgan fingerprint density at radius 2 is 1.90 bits per heavy atom. The van der Waals surface area contributed by atoms with Gasteiger partial charge in [0.05, 0.1) is 12.7 Å². The van der Waals surface area contributed by atoms with Crippen molar-refractivity contribution in [3.05, 3.63) is 0 Å². The Balaban J connectivity index is 3.16. The SMILES string of the molecule is CCCCCCCCOCC(O)CNCCCC(N)=O. The predicted octanol–water partition coefficient (Wildman–Crippen LogP) is 1.58. The van der Waals surface area contributed by atoms with Gasteiger partial charge in [-0.2, -0.15) is 0 Å². The van der Waals surface area contributed by atoms with Gasteiger partial charge in [0, 0.05) is 19.6 Å². The van der Waals surface area contributed by atoms with Gasteiger partial charge in [-0.25, -0.2) is 0 Å². The maximum atomic E-state index is 10.5. The fourth-order valence-electron chi connectivity index (χ4n) is 1.92. The summed E-state index contributed by atoms with van der Waals surface area (Å²) < 4.78 is 5.43. The van der Waals surface area contributed by atoms with Gasteiger partial charge in [-0.05, 0) is 19.4 Å². The van der Waals surface area contributed by atoms with Gasteiger partial charge in [-0.15, -0.1) is 0 Å². The molecule has 1 atom stereocenters. The Kier molecular flexibility index (Phi) is 14.3. The number of nitrogens with one attached hydrogen (secondary N) is 1. The topological polar surface area (TPSA) is 84.6 Å². The van der Waals surface area contributed by atoms with Gasteiger partial charge in [0.2, 0.25) is 5.91 Å². The number of unbranched alkanes of at least 4 members (excludes halogenated alkanes) is 5. The van der Waals surface area contributed by atoms with Crippen molar-refractivity contribution < 1.29 is 14.6 Å². The minimum Gasteiger partial charge on any atom is -0.389 e. The highest BCUT2D eigenvalue weighted by Gasteiger charge is 2.03. The van der Waals surface area contributed by atoms with E-state index in [-0.39, 0.29) is 5.91 Å². The van der Waals surface area contributed by atoms with E-state index in [2.05, 4.69) is 12.2 Å². The molecule has 0 rings (SSSR count). The number of carbonyl (C=O) groups excluding carboxylic acids is 1. The van der Waals surface area contributed by atoms with Gasteiger partial charge in [-0.1, -0.05) is 39.0 Å². The molecule has 1 unspecified atom stereocenters. The minimum atomic E-state index is -0.483. The summed E-state index contributed by atoms with van der Waals surface area (Å²) >= 11 is 0. The molecule has 5 nitrogen and oxygen atoms in total. The third-order valence-electron chi connectivity index (χ3n) is 3.11. The van der Waals surface area contributed by atoms with Crippen LogP contribution in [0.15, 0.2) is 0 Å². The van der Waals surface area contributed by atoms with Crippen molar-refractivity contribution in [2.75, 3.05) is 26.3 Å². The summed E-state index contributed by atoms with van der Waals surface area (Å²) in [4.78, 5) is 10.5. The first-order valence-electron chi connectivity index (χ1n) is 7.91. The molecule has 0 aliphatic carbocycles. The van der Waals surface area contributed by atoms with Gasteiger partial charge in [0.25, 0.3) is 0 Å². The molecule has 4 N–H and O–H groups in total. The number of amides is 1.